The fourth-order valence-electron chi connectivity index (χ4n) is 2.01. The van der Waals surface area contributed by atoms with E-state index in [1.165, 1.54) is 0 Å². The lowest BCUT2D eigenvalue weighted by Crippen LogP contribution is -2.23. The van der Waals surface area contributed by atoms with E-state index in [4.69, 9.17) is 4.74 Å². The molecule has 0 bridgehead atoms. The van der Waals surface area contributed by atoms with Crippen LogP contribution < -0.4 is 4.74 Å². The summed E-state index contributed by atoms with van der Waals surface area (Å²) >= 11 is 0. The molecule has 0 atom stereocenters. The van der Waals surface area contributed by atoms with Gasteiger partial charge in [0.05, 0.1) is 6.61 Å². The van der Waals surface area contributed by atoms with E-state index in [9.17, 15) is 4.79 Å². The van der Waals surface area contributed by atoms with E-state index in [0.717, 1.165) is 36.5 Å². The van der Waals surface area contributed by atoms with Crippen molar-refractivity contribution < 1.29 is 9.53 Å². The van der Waals surface area contributed by atoms with E-state index in [0.29, 0.717) is 12.5 Å². The number of nitrogens with zero attached hydrogens (tertiary/aromatic N) is 1. The Morgan fingerprint density at radius 2 is 1.86 bits per heavy atom. The molecule has 0 heterocycles. The SMILES string of the molecule is CCN(CC)Cc1cc(C(C)=O)ccc1OCC(C)C.Cl. The van der Waals surface area contributed by atoms with E-state index >= 15 is 0 Å². The Kier molecular flexibility index (Phi) is 9.31. The van der Waals surface area contributed by atoms with Gasteiger partial charge in [-0.25, -0.2) is 0 Å². The fraction of sp³-hybridized carbons (Fsp3) is 0.588. The summed E-state index contributed by atoms with van der Waals surface area (Å²) in [6.07, 6.45) is 0. The van der Waals surface area contributed by atoms with Crippen LogP contribution in [0.2, 0.25) is 0 Å². The van der Waals surface area contributed by atoms with E-state index in [1.54, 1.807) is 6.92 Å². The lowest BCUT2D eigenvalue weighted by atomic mass is 10.1. The van der Waals surface area contributed by atoms with Gasteiger partial charge < -0.3 is 4.74 Å². The van der Waals surface area contributed by atoms with Gasteiger partial charge in [0.25, 0.3) is 0 Å². The molecule has 0 saturated heterocycles. The summed E-state index contributed by atoms with van der Waals surface area (Å²) < 4.78 is 5.89. The van der Waals surface area contributed by atoms with Crippen molar-refractivity contribution in [2.45, 2.75) is 41.2 Å². The average Bonchev–Trinajstić information content (AvgIpc) is 2.42. The number of benzene rings is 1. The zero-order chi connectivity index (χ0) is 15.1. The number of carbonyl (C=O) groups is 1. The van der Waals surface area contributed by atoms with Gasteiger partial charge in [-0.05, 0) is 44.1 Å². The lowest BCUT2D eigenvalue weighted by molar-refractivity contribution is 0.101. The first-order valence-electron chi connectivity index (χ1n) is 7.46. The van der Waals surface area contributed by atoms with Crippen molar-refractivity contribution in [3.05, 3.63) is 29.3 Å². The van der Waals surface area contributed by atoms with Crippen molar-refractivity contribution in [3.63, 3.8) is 0 Å². The highest BCUT2D eigenvalue weighted by Gasteiger charge is 2.11. The van der Waals surface area contributed by atoms with Crippen molar-refractivity contribution >= 4 is 18.2 Å². The van der Waals surface area contributed by atoms with E-state index in [1.807, 2.05) is 18.2 Å². The first-order chi connectivity index (χ1) is 9.47. The zero-order valence-electron chi connectivity index (χ0n) is 13.8. The normalized spacial score (nSPS) is 10.6. The summed E-state index contributed by atoms with van der Waals surface area (Å²) in [5.74, 6) is 1.49. The number of hydrogen-bond acceptors (Lipinski definition) is 3. The second-order valence-electron chi connectivity index (χ2n) is 5.54. The predicted molar refractivity (Wildman–Crippen MR) is 90.7 cm³/mol. The molecule has 0 aliphatic heterocycles. The number of carbonyl (C=O) groups excluding carboxylic acids is 1. The standard InChI is InChI=1S/C17H27NO2.ClH/c1-6-18(7-2)11-16-10-15(14(5)19)8-9-17(16)20-12-13(3)4;/h8-10,13H,6-7,11-12H2,1-5H3;1H. The molecule has 1 aromatic carbocycles. The Morgan fingerprint density at radius 1 is 1.24 bits per heavy atom. The molecule has 1 rings (SSSR count). The number of Topliss-reactive ketones (excluding diaryl/α,β-unsaturated/α-hetero) is 1. The molecule has 1 aromatic rings. The van der Waals surface area contributed by atoms with Crippen molar-refractivity contribution in [2.24, 2.45) is 5.92 Å². The van der Waals surface area contributed by atoms with Gasteiger partial charge in [0.2, 0.25) is 0 Å². The second kappa shape index (κ2) is 9.80. The molecule has 3 nitrogen and oxygen atoms in total. The molecule has 0 unspecified atom stereocenters. The van der Waals surface area contributed by atoms with Crippen molar-refractivity contribution in [1.29, 1.82) is 0 Å². The summed E-state index contributed by atoms with van der Waals surface area (Å²) in [6.45, 7) is 13.7. The highest BCUT2D eigenvalue weighted by Crippen LogP contribution is 2.23. The molecule has 21 heavy (non-hydrogen) atoms. The summed E-state index contributed by atoms with van der Waals surface area (Å²) in [6, 6.07) is 5.75. The molecule has 0 spiro atoms. The molecule has 0 amide bonds. The van der Waals surface area contributed by atoms with Crippen LogP contribution in [-0.4, -0.2) is 30.4 Å². The van der Waals surface area contributed by atoms with Crippen LogP contribution in [0.25, 0.3) is 0 Å². The topological polar surface area (TPSA) is 29.5 Å². The third kappa shape index (κ3) is 6.49. The molecular weight excluding hydrogens is 286 g/mol. The number of ether oxygens (including phenoxy) is 1. The van der Waals surface area contributed by atoms with Crippen LogP contribution >= 0.6 is 12.4 Å². The summed E-state index contributed by atoms with van der Waals surface area (Å²) in [5, 5.41) is 0. The quantitative estimate of drug-likeness (QED) is 0.674. The van der Waals surface area contributed by atoms with Crippen LogP contribution in [0, 0.1) is 5.92 Å². The van der Waals surface area contributed by atoms with Crippen LogP contribution in [0.1, 0.15) is 50.5 Å². The Bertz CT molecular complexity index is 442. The number of rotatable bonds is 8. The second-order valence-corrected chi connectivity index (χ2v) is 5.54. The third-order valence-corrected chi connectivity index (χ3v) is 3.33. The summed E-state index contributed by atoms with van der Waals surface area (Å²) in [7, 11) is 0. The molecular formula is C17H28ClNO2. The maximum absolute atomic E-state index is 11.5. The van der Waals surface area contributed by atoms with Gasteiger partial charge in [-0.15, -0.1) is 12.4 Å². The van der Waals surface area contributed by atoms with Gasteiger partial charge in [-0.2, -0.15) is 0 Å². The maximum Gasteiger partial charge on any atom is 0.159 e. The molecule has 0 radical (unpaired) electrons. The molecule has 0 aliphatic carbocycles. The Balaban J connectivity index is 0.00000400. The van der Waals surface area contributed by atoms with Crippen molar-refractivity contribution in [1.82, 2.24) is 4.90 Å². The van der Waals surface area contributed by atoms with Crippen molar-refractivity contribution in [2.75, 3.05) is 19.7 Å². The van der Waals surface area contributed by atoms with Gasteiger partial charge in [-0.3, -0.25) is 9.69 Å². The van der Waals surface area contributed by atoms with Crippen LogP contribution in [-0.2, 0) is 6.54 Å². The van der Waals surface area contributed by atoms with E-state index < -0.39 is 0 Å². The van der Waals surface area contributed by atoms with Gasteiger partial charge >= 0.3 is 0 Å². The number of ketones is 1. The lowest BCUT2D eigenvalue weighted by Gasteiger charge is -2.21. The summed E-state index contributed by atoms with van der Waals surface area (Å²) in [4.78, 5) is 13.9. The van der Waals surface area contributed by atoms with Crippen LogP contribution in [0.3, 0.4) is 0 Å². The van der Waals surface area contributed by atoms with Crippen LogP contribution in [0.4, 0.5) is 0 Å². The summed E-state index contributed by atoms with van der Waals surface area (Å²) in [5.41, 5.74) is 1.85. The van der Waals surface area contributed by atoms with Crippen LogP contribution in [0.15, 0.2) is 18.2 Å². The third-order valence-electron chi connectivity index (χ3n) is 3.33. The largest absolute Gasteiger partial charge is 0.493 e. The number of hydrogen-bond donors (Lipinski definition) is 0. The minimum absolute atomic E-state index is 0. The minimum Gasteiger partial charge on any atom is -0.493 e. The van der Waals surface area contributed by atoms with Gasteiger partial charge in [0.1, 0.15) is 5.75 Å². The fourth-order valence-corrected chi connectivity index (χ4v) is 2.01. The monoisotopic (exact) mass is 313 g/mol. The highest BCUT2D eigenvalue weighted by molar-refractivity contribution is 5.94. The zero-order valence-corrected chi connectivity index (χ0v) is 14.6. The minimum atomic E-state index is 0. The first kappa shape index (κ1) is 19.9. The molecule has 120 valence electrons. The maximum atomic E-state index is 11.5. The Hall–Kier alpha value is -1.06. The van der Waals surface area contributed by atoms with Gasteiger partial charge in [0, 0.05) is 17.7 Å². The molecule has 0 aromatic heterocycles. The molecule has 4 heteroatoms. The first-order valence-corrected chi connectivity index (χ1v) is 7.46. The van der Waals surface area contributed by atoms with E-state index in [2.05, 4.69) is 32.6 Å². The highest BCUT2D eigenvalue weighted by atomic mass is 35.5. The van der Waals surface area contributed by atoms with Crippen molar-refractivity contribution in [3.8, 4) is 5.75 Å². The molecule has 0 saturated carbocycles. The predicted octanol–water partition coefficient (Wildman–Crippen LogP) is 4.19. The molecule has 0 N–H and O–H groups in total. The van der Waals surface area contributed by atoms with E-state index in [-0.39, 0.29) is 18.2 Å². The van der Waals surface area contributed by atoms with Gasteiger partial charge in [0.15, 0.2) is 5.78 Å². The number of halogens is 1. The van der Waals surface area contributed by atoms with Crippen LogP contribution in [0.5, 0.6) is 5.75 Å². The average molecular weight is 314 g/mol. The molecule has 0 fully saturated rings. The smallest absolute Gasteiger partial charge is 0.159 e. The Morgan fingerprint density at radius 3 is 2.33 bits per heavy atom. The Labute approximate surface area is 135 Å². The molecule has 0 aliphatic rings. The van der Waals surface area contributed by atoms with Gasteiger partial charge in [-0.1, -0.05) is 27.7 Å².